The van der Waals surface area contributed by atoms with Gasteiger partial charge in [-0.15, -0.1) is 0 Å². The van der Waals surface area contributed by atoms with Gasteiger partial charge in [0.05, 0.1) is 7.11 Å². The van der Waals surface area contributed by atoms with Crippen molar-refractivity contribution < 1.29 is 4.74 Å². The van der Waals surface area contributed by atoms with Crippen LogP contribution in [-0.4, -0.2) is 38.2 Å². The Bertz CT molecular complexity index is 396. The van der Waals surface area contributed by atoms with Crippen LogP contribution >= 0.6 is 0 Å². The molecular formula is C18H30N2O. The van der Waals surface area contributed by atoms with Crippen LogP contribution in [0.4, 0.5) is 0 Å². The largest absolute Gasteiger partial charge is 0.497 e. The molecule has 0 bridgehead atoms. The number of rotatable bonds is 7. The maximum Gasteiger partial charge on any atom is 0.118 e. The van der Waals surface area contributed by atoms with Crippen LogP contribution in [0.2, 0.25) is 0 Å². The van der Waals surface area contributed by atoms with Crippen molar-refractivity contribution in [3.63, 3.8) is 0 Å². The Morgan fingerprint density at radius 3 is 2.38 bits per heavy atom. The number of benzene rings is 1. The smallest absolute Gasteiger partial charge is 0.118 e. The Hall–Kier alpha value is -1.06. The van der Waals surface area contributed by atoms with Crippen LogP contribution in [0.15, 0.2) is 24.3 Å². The molecule has 1 unspecified atom stereocenters. The second-order valence-corrected chi connectivity index (χ2v) is 5.98. The van der Waals surface area contributed by atoms with Crippen LogP contribution in [0.3, 0.4) is 0 Å². The van der Waals surface area contributed by atoms with E-state index in [1.807, 2.05) is 0 Å². The second kappa shape index (κ2) is 8.40. The summed E-state index contributed by atoms with van der Waals surface area (Å²) in [5, 5.41) is 3.49. The summed E-state index contributed by atoms with van der Waals surface area (Å²) in [4.78, 5) is 2.66. The Morgan fingerprint density at radius 1 is 1.19 bits per heavy atom. The van der Waals surface area contributed by atoms with E-state index in [4.69, 9.17) is 4.74 Å². The van der Waals surface area contributed by atoms with Crippen molar-refractivity contribution in [2.45, 2.75) is 39.2 Å². The average Bonchev–Trinajstić information content (AvgIpc) is 2.55. The third-order valence-corrected chi connectivity index (χ3v) is 4.66. The SMILES string of the molecule is CCNCC1CCN(C(CC)c2ccc(OC)cc2)CC1. The molecule has 1 aromatic carbocycles. The van der Waals surface area contributed by atoms with E-state index in [2.05, 4.69) is 48.3 Å². The number of hydrogen-bond donors (Lipinski definition) is 1. The highest BCUT2D eigenvalue weighted by Crippen LogP contribution is 2.30. The molecule has 0 saturated carbocycles. The van der Waals surface area contributed by atoms with Crippen LogP contribution in [0.5, 0.6) is 5.75 Å². The molecule has 0 spiro atoms. The number of nitrogens with one attached hydrogen (secondary N) is 1. The zero-order valence-corrected chi connectivity index (χ0v) is 13.8. The molecule has 0 aromatic heterocycles. The van der Waals surface area contributed by atoms with E-state index in [1.165, 1.54) is 44.5 Å². The predicted molar refractivity (Wildman–Crippen MR) is 88.9 cm³/mol. The third kappa shape index (κ3) is 4.45. The molecule has 0 aliphatic carbocycles. The first-order chi connectivity index (χ1) is 10.3. The van der Waals surface area contributed by atoms with E-state index in [9.17, 15) is 0 Å². The number of piperidine rings is 1. The lowest BCUT2D eigenvalue weighted by molar-refractivity contribution is 0.128. The highest BCUT2D eigenvalue weighted by molar-refractivity contribution is 5.29. The Labute approximate surface area is 129 Å². The fourth-order valence-corrected chi connectivity index (χ4v) is 3.35. The van der Waals surface area contributed by atoms with Gasteiger partial charge in [-0.3, -0.25) is 4.90 Å². The molecule has 1 atom stereocenters. The Morgan fingerprint density at radius 2 is 1.86 bits per heavy atom. The molecule has 1 fully saturated rings. The van der Waals surface area contributed by atoms with Gasteiger partial charge in [0.25, 0.3) is 0 Å². The van der Waals surface area contributed by atoms with Gasteiger partial charge >= 0.3 is 0 Å². The number of likely N-dealkylation sites (tertiary alicyclic amines) is 1. The van der Waals surface area contributed by atoms with Crippen molar-refractivity contribution >= 4 is 0 Å². The Balaban J connectivity index is 1.92. The fraction of sp³-hybridized carbons (Fsp3) is 0.667. The molecule has 1 aromatic rings. The maximum absolute atomic E-state index is 5.26. The van der Waals surface area contributed by atoms with Gasteiger partial charge in [-0.25, -0.2) is 0 Å². The van der Waals surface area contributed by atoms with Crippen LogP contribution < -0.4 is 10.1 Å². The van der Waals surface area contributed by atoms with E-state index in [-0.39, 0.29) is 0 Å². The summed E-state index contributed by atoms with van der Waals surface area (Å²) in [6.45, 7) is 9.19. The molecule has 1 saturated heterocycles. The minimum absolute atomic E-state index is 0.552. The minimum Gasteiger partial charge on any atom is -0.497 e. The zero-order valence-electron chi connectivity index (χ0n) is 13.8. The fourth-order valence-electron chi connectivity index (χ4n) is 3.35. The number of methoxy groups -OCH3 is 1. The standard InChI is InChI=1S/C18H30N2O/c1-4-18(16-6-8-17(21-3)9-7-16)20-12-10-15(11-13-20)14-19-5-2/h6-9,15,18-19H,4-5,10-14H2,1-3H3. The van der Waals surface area contributed by atoms with Crippen molar-refractivity contribution in [1.82, 2.24) is 10.2 Å². The summed E-state index contributed by atoms with van der Waals surface area (Å²) in [6, 6.07) is 9.15. The predicted octanol–water partition coefficient (Wildman–Crippen LogP) is 3.47. The van der Waals surface area contributed by atoms with Gasteiger partial charge in [-0.05, 0) is 69.1 Å². The molecule has 21 heavy (non-hydrogen) atoms. The lowest BCUT2D eigenvalue weighted by Gasteiger charge is -2.37. The minimum atomic E-state index is 0.552. The summed E-state index contributed by atoms with van der Waals surface area (Å²) in [6.07, 6.45) is 3.81. The molecule has 2 rings (SSSR count). The molecule has 1 heterocycles. The van der Waals surface area contributed by atoms with Crippen LogP contribution in [0.1, 0.15) is 44.7 Å². The average molecular weight is 290 g/mol. The first kappa shape index (κ1) is 16.3. The van der Waals surface area contributed by atoms with Gasteiger partial charge in [0, 0.05) is 6.04 Å². The van der Waals surface area contributed by atoms with Crippen molar-refractivity contribution in [3.8, 4) is 5.75 Å². The van der Waals surface area contributed by atoms with E-state index in [0.29, 0.717) is 6.04 Å². The van der Waals surface area contributed by atoms with Gasteiger partial charge in [0.15, 0.2) is 0 Å². The molecule has 1 aliphatic rings. The first-order valence-corrected chi connectivity index (χ1v) is 8.37. The van der Waals surface area contributed by atoms with Crippen LogP contribution in [0, 0.1) is 5.92 Å². The lowest BCUT2D eigenvalue weighted by atomic mass is 9.93. The molecular weight excluding hydrogens is 260 g/mol. The van der Waals surface area contributed by atoms with Gasteiger partial charge in [0.1, 0.15) is 5.75 Å². The molecule has 3 nitrogen and oxygen atoms in total. The molecule has 1 N–H and O–H groups in total. The number of nitrogens with zero attached hydrogens (tertiary/aromatic N) is 1. The zero-order chi connectivity index (χ0) is 15.1. The van der Waals surface area contributed by atoms with Crippen LogP contribution in [-0.2, 0) is 0 Å². The topological polar surface area (TPSA) is 24.5 Å². The highest BCUT2D eigenvalue weighted by Gasteiger charge is 2.24. The van der Waals surface area contributed by atoms with Crippen LogP contribution in [0.25, 0.3) is 0 Å². The van der Waals surface area contributed by atoms with Crippen molar-refractivity contribution in [2.75, 3.05) is 33.3 Å². The second-order valence-electron chi connectivity index (χ2n) is 5.98. The number of ether oxygens (including phenoxy) is 1. The summed E-state index contributed by atoms with van der Waals surface area (Å²) < 4.78 is 5.26. The van der Waals surface area contributed by atoms with E-state index >= 15 is 0 Å². The maximum atomic E-state index is 5.26. The molecule has 0 amide bonds. The van der Waals surface area contributed by atoms with Crippen molar-refractivity contribution in [3.05, 3.63) is 29.8 Å². The number of hydrogen-bond acceptors (Lipinski definition) is 3. The third-order valence-electron chi connectivity index (χ3n) is 4.66. The van der Waals surface area contributed by atoms with Crippen molar-refractivity contribution in [1.29, 1.82) is 0 Å². The first-order valence-electron chi connectivity index (χ1n) is 8.37. The van der Waals surface area contributed by atoms with E-state index < -0.39 is 0 Å². The van der Waals surface area contributed by atoms with Gasteiger partial charge in [-0.1, -0.05) is 26.0 Å². The summed E-state index contributed by atoms with van der Waals surface area (Å²) in [5.41, 5.74) is 1.42. The van der Waals surface area contributed by atoms with Gasteiger partial charge in [0.2, 0.25) is 0 Å². The van der Waals surface area contributed by atoms with Gasteiger partial charge < -0.3 is 10.1 Å². The molecule has 0 radical (unpaired) electrons. The monoisotopic (exact) mass is 290 g/mol. The summed E-state index contributed by atoms with van der Waals surface area (Å²) in [5.74, 6) is 1.80. The van der Waals surface area contributed by atoms with Gasteiger partial charge in [-0.2, -0.15) is 0 Å². The summed E-state index contributed by atoms with van der Waals surface area (Å²) >= 11 is 0. The van der Waals surface area contributed by atoms with E-state index in [1.54, 1.807) is 7.11 Å². The normalized spacial score (nSPS) is 18.6. The highest BCUT2D eigenvalue weighted by atomic mass is 16.5. The van der Waals surface area contributed by atoms with Crippen molar-refractivity contribution in [2.24, 2.45) is 5.92 Å². The summed E-state index contributed by atoms with van der Waals surface area (Å²) in [7, 11) is 1.72. The Kier molecular flexibility index (Phi) is 6.52. The lowest BCUT2D eigenvalue weighted by Crippen LogP contribution is -2.39. The molecule has 118 valence electrons. The quantitative estimate of drug-likeness (QED) is 0.832. The van der Waals surface area contributed by atoms with E-state index in [0.717, 1.165) is 18.2 Å². The molecule has 3 heteroatoms. The molecule has 1 aliphatic heterocycles.